The summed E-state index contributed by atoms with van der Waals surface area (Å²) in [7, 11) is 0. The van der Waals surface area contributed by atoms with E-state index in [1.807, 2.05) is 11.8 Å². The van der Waals surface area contributed by atoms with Crippen molar-refractivity contribution < 1.29 is 9.53 Å². The van der Waals surface area contributed by atoms with Crippen molar-refractivity contribution in [3.8, 4) is 5.88 Å². The van der Waals surface area contributed by atoms with Crippen molar-refractivity contribution in [3.05, 3.63) is 36.5 Å². The van der Waals surface area contributed by atoms with Crippen LogP contribution in [0.5, 0.6) is 5.88 Å². The molecule has 1 aliphatic rings. The van der Waals surface area contributed by atoms with E-state index < -0.39 is 0 Å². The first-order valence-electron chi connectivity index (χ1n) is 6.97. The van der Waals surface area contributed by atoms with Gasteiger partial charge in [-0.1, -0.05) is 0 Å². The quantitative estimate of drug-likeness (QED) is 0.815. The van der Waals surface area contributed by atoms with Gasteiger partial charge in [0.05, 0.1) is 12.2 Å². The van der Waals surface area contributed by atoms with Gasteiger partial charge in [0.15, 0.2) is 0 Å². The minimum absolute atomic E-state index is 0.0142. The van der Waals surface area contributed by atoms with Gasteiger partial charge in [-0.25, -0.2) is 9.97 Å². The maximum absolute atomic E-state index is 12.3. The summed E-state index contributed by atoms with van der Waals surface area (Å²) < 4.78 is 7.06. The van der Waals surface area contributed by atoms with Gasteiger partial charge >= 0.3 is 0 Å². The van der Waals surface area contributed by atoms with Crippen LogP contribution in [-0.4, -0.2) is 50.3 Å². The van der Waals surface area contributed by atoms with E-state index in [9.17, 15) is 4.79 Å². The molecule has 1 fully saturated rings. The van der Waals surface area contributed by atoms with Crippen LogP contribution >= 0.6 is 0 Å². The average molecular weight is 287 g/mol. The summed E-state index contributed by atoms with van der Waals surface area (Å²) >= 11 is 0. The zero-order chi connectivity index (χ0) is 14.7. The Labute approximate surface area is 122 Å². The maximum Gasteiger partial charge on any atom is 0.255 e. The summed E-state index contributed by atoms with van der Waals surface area (Å²) in [6, 6.07) is 3.48. The molecule has 2 aromatic rings. The minimum Gasteiger partial charge on any atom is -0.478 e. The smallest absolute Gasteiger partial charge is 0.255 e. The molecule has 3 heterocycles. The molecule has 0 spiro atoms. The number of rotatable bonds is 5. The molecule has 110 valence electrons. The van der Waals surface area contributed by atoms with Gasteiger partial charge in [-0.3, -0.25) is 9.48 Å². The van der Waals surface area contributed by atoms with Crippen molar-refractivity contribution in [2.75, 3.05) is 19.7 Å². The van der Waals surface area contributed by atoms with Crippen LogP contribution in [0.4, 0.5) is 0 Å². The molecule has 7 nitrogen and oxygen atoms in total. The van der Waals surface area contributed by atoms with Crippen LogP contribution < -0.4 is 4.74 Å². The summed E-state index contributed by atoms with van der Waals surface area (Å²) in [4.78, 5) is 22.1. The number of hydrogen-bond acceptors (Lipinski definition) is 5. The molecule has 0 radical (unpaired) electrons. The lowest BCUT2D eigenvalue weighted by Gasteiger charge is -2.39. The molecule has 0 unspecified atom stereocenters. The lowest BCUT2D eigenvalue weighted by molar-refractivity contribution is 0.0461. The number of hydrogen-bond donors (Lipinski definition) is 0. The molecule has 1 aliphatic heterocycles. The average Bonchev–Trinajstić information content (AvgIpc) is 2.96. The first kappa shape index (κ1) is 13.5. The van der Waals surface area contributed by atoms with Crippen molar-refractivity contribution in [3.63, 3.8) is 0 Å². The van der Waals surface area contributed by atoms with E-state index in [1.54, 1.807) is 29.3 Å². The summed E-state index contributed by atoms with van der Waals surface area (Å²) in [6.07, 6.45) is 4.78. The van der Waals surface area contributed by atoms with Gasteiger partial charge in [0.2, 0.25) is 5.88 Å². The van der Waals surface area contributed by atoms with Gasteiger partial charge in [0.25, 0.3) is 5.91 Å². The highest BCUT2D eigenvalue weighted by Gasteiger charge is 2.31. The van der Waals surface area contributed by atoms with E-state index in [2.05, 4.69) is 15.1 Å². The van der Waals surface area contributed by atoms with Crippen LogP contribution in [0.2, 0.25) is 0 Å². The summed E-state index contributed by atoms with van der Waals surface area (Å²) in [6.45, 7) is 4.75. The van der Waals surface area contributed by atoms with Crippen molar-refractivity contribution in [1.29, 1.82) is 0 Å². The third-order valence-corrected chi connectivity index (χ3v) is 3.43. The van der Waals surface area contributed by atoms with Gasteiger partial charge in [-0.05, 0) is 13.0 Å². The van der Waals surface area contributed by atoms with E-state index in [4.69, 9.17) is 4.74 Å². The molecule has 0 aliphatic carbocycles. The fraction of sp³-hybridized carbons (Fsp3) is 0.429. The Morgan fingerprint density at radius 2 is 2.29 bits per heavy atom. The van der Waals surface area contributed by atoms with E-state index in [-0.39, 0.29) is 5.91 Å². The third-order valence-electron chi connectivity index (χ3n) is 3.43. The first-order valence-corrected chi connectivity index (χ1v) is 6.97. The number of pyridine rings is 1. The number of aromatic nitrogens is 4. The Balaban J connectivity index is 1.53. The second-order valence-corrected chi connectivity index (χ2v) is 5.01. The standard InChI is InChI=1S/C14H17N5O2/c1-2-21-13-4-3-12(5-16-13)14(20)18-6-11(7-18)8-19-10-15-9-17-19/h3-5,9-11H,2,6-8H2,1H3. The van der Waals surface area contributed by atoms with Crippen LogP contribution in [0.3, 0.4) is 0 Å². The van der Waals surface area contributed by atoms with Gasteiger partial charge < -0.3 is 9.64 Å². The highest BCUT2D eigenvalue weighted by atomic mass is 16.5. The number of carbonyl (C=O) groups excluding carboxylic acids is 1. The highest BCUT2D eigenvalue weighted by molar-refractivity contribution is 5.94. The molecule has 0 N–H and O–H groups in total. The number of amides is 1. The fourth-order valence-electron chi connectivity index (χ4n) is 2.37. The van der Waals surface area contributed by atoms with Gasteiger partial charge in [0, 0.05) is 37.8 Å². The van der Waals surface area contributed by atoms with Crippen LogP contribution in [0.15, 0.2) is 31.0 Å². The minimum atomic E-state index is 0.0142. The Bertz CT molecular complexity index is 590. The predicted molar refractivity (Wildman–Crippen MR) is 74.8 cm³/mol. The highest BCUT2D eigenvalue weighted by Crippen LogP contribution is 2.20. The van der Waals surface area contributed by atoms with E-state index >= 15 is 0 Å². The number of likely N-dealkylation sites (tertiary alicyclic amines) is 1. The van der Waals surface area contributed by atoms with Crippen molar-refractivity contribution >= 4 is 5.91 Å². The third kappa shape index (κ3) is 3.01. The number of nitrogens with zero attached hydrogens (tertiary/aromatic N) is 5. The largest absolute Gasteiger partial charge is 0.478 e. The van der Waals surface area contributed by atoms with Gasteiger partial charge in [0.1, 0.15) is 12.7 Å². The van der Waals surface area contributed by atoms with Crippen molar-refractivity contribution in [2.45, 2.75) is 13.5 Å². The van der Waals surface area contributed by atoms with E-state index in [0.29, 0.717) is 24.0 Å². The first-order chi connectivity index (χ1) is 10.3. The fourth-order valence-corrected chi connectivity index (χ4v) is 2.37. The van der Waals surface area contributed by atoms with Gasteiger partial charge in [-0.15, -0.1) is 0 Å². The lowest BCUT2D eigenvalue weighted by atomic mass is 9.99. The maximum atomic E-state index is 12.3. The topological polar surface area (TPSA) is 73.1 Å². The number of carbonyl (C=O) groups is 1. The molecule has 0 atom stereocenters. The van der Waals surface area contributed by atoms with Crippen LogP contribution in [-0.2, 0) is 6.54 Å². The zero-order valence-corrected chi connectivity index (χ0v) is 11.8. The second kappa shape index (κ2) is 5.90. The SMILES string of the molecule is CCOc1ccc(C(=O)N2CC(Cn3cncn3)C2)cn1. The molecular formula is C14H17N5O2. The molecule has 2 aromatic heterocycles. The van der Waals surface area contributed by atoms with Crippen LogP contribution in [0, 0.1) is 5.92 Å². The summed E-state index contributed by atoms with van der Waals surface area (Å²) in [5, 5.41) is 4.07. The molecule has 1 saturated heterocycles. The van der Waals surface area contributed by atoms with Crippen molar-refractivity contribution in [1.82, 2.24) is 24.6 Å². The van der Waals surface area contributed by atoms with Crippen molar-refractivity contribution in [2.24, 2.45) is 5.92 Å². The van der Waals surface area contributed by atoms with Gasteiger partial charge in [-0.2, -0.15) is 5.10 Å². The molecule has 0 aromatic carbocycles. The Hall–Kier alpha value is -2.44. The Morgan fingerprint density at radius 3 is 2.90 bits per heavy atom. The van der Waals surface area contributed by atoms with Crippen LogP contribution in [0.25, 0.3) is 0 Å². The molecule has 0 saturated carbocycles. The molecule has 3 rings (SSSR count). The second-order valence-electron chi connectivity index (χ2n) is 5.01. The zero-order valence-electron chi connectivity index (χ0n) is 11.8. The van der Waals surface area contributed by atoms with Crippen LogP contribution in [0.1, 0.15) is 17.3 Å². The summed E-state index contributed by atoms with van der Waals surface area (Å²) in [5.41, 5.74) is 0.595. The molecule has 21 heavy (non-hydrogen) atoms. The Morgan fingerprint density at radius 1 is 1.43 bits per heavy atom. The molecule has 7 heteroatoms. The Kier molecular flexibility index (Phi) is 3.81. The lowest BCUT2D eigenvalue weighted by Crippen LogP contribution is -2.51. The molecule has 0 bridgehead atoms. The summed E-state index contributed by atoms with van der Waals surface area (Å²) in [5.74, 6) is 0.994. The van der Waals surface area contributed by atoms with E-state index in [0.717, 1.165) is 19.6 Å². The normalized spacial score (nSPS) is 14.8. The predicted octanol–water partition coefficient (Wildman–Crippen LogP) is 0.844. The molecule has 1 amide bonds. The van der Waals surface area contributed by atoms with E-state index in [1.165, 1.54) is 6.33 Å². The monoisotopic (exact) mass is 287 g/mol. The number of ether oxygens (including phenoxy) is 1. The molecular weight excluding hydrogens is 270 g/mol.